The molecule has 2 nitrogen and oxygen atoms in total. The summed E-state index contributed by atoms with van der Waals surface area (Å²) in [4.78, 5) is 0. The predicted octanol–water partition coefficient (Wildman–Crippen LogP) is 3.67. The lowest BCUT2D eigenvalue weighted by Gasteiger charge is -2.13. The molecule has 0 bridgehead atoms. The third kappa shape index (κ3) is 4.65. The SMILES string of the molecule is C=C(CC(O)COCc1ccccc1)c1ccccc1. The molecule has 0 aliphatic heterocycles. The Morgan fingerprint density at radius 2 is 1.60 bits per heavy atom. The highest BCUT2D eigenvalue weighted by Gasteiger charge is 2.08. The molecule has 104 valence electrons. The Labute approximate surface area is 120 Å². The van der Waals surface area contributed by atoms with E-state index in [1.54, 1.807) is 0 Å². The maximum absolute atomic E-state index is 9.97. The number of hydrogen-bond acceptors (Lipinski definition) is 2. The molecule has 0 saturated heterocycles. The van der Waals surface area contributed by atoms with Gasteiger partial charge in [0.1, 0.15) is 0 Å². The molecule has 1 unspecified atom stereocenters. The number of ether oxygens (including phenoxy) is 1. The topological polar surface area (TPSA) is 29.5 Å². The standard InChI is InChI=1S/C18H20O2/c1-15(17-10-6-3-7-11-17)12-18(19)14-20-13-16-8-4-2-5-9-16/h2-11,18-19H,1,12-14H2. The normalized spacial score (nSPS) is 12.1. The van der Waals surface area contributed by atoms with Gasteiger partial charge in [-0.15, -0.1) is 0 Å². The fourth-order valence-corrected chi connectivity index (χ4v) is 2.02. The predicted molar refractivity (Wildman–Crippen MR) is 82.2 cm³/mol. The van der Waals surface area contributed by atoms with Gasteiger partial charge < -0.3 is 9.84 Å². The van der Waals surface area contributed by atoms with Crippen LogP contribution in [0.3, 0.4) is 0 Å². The van der Waals surface area contributed by atoms with Crippen LogP contribution in [0.1, 0.15) is 17.5 Å². The highest BCUT2D eigenvalue weighted by atomic mass is 16.5. The average molecular weight is 268 g/mol. The van der Waals surface area contributed by atoms with Gasteiger partial charge in [0, 0.05) is 6.42 Å². The summed E-state index contributed by atoms with van der Waals surface area (Å²) >= 11 is 0. The number of aliphatic hydroxyl groups is 1. The molecule has 2 aromatic carbocycles. The number of benzene rings is 2. The van der Waals surface area contributed by atoms with Crippen LogP contribution < -0.4 is 0 Å². The van der Waals surface area contributed by atoms with E-state index in [1.807, 2.05) is 60.7 Å². The summed E-state index contributed by atoms with van der Waals surface area (Å²) in [7, 11) is 0. The fraction of sp³-hybridized carbons (Fsp3) is 0.222. The zero-order valence-corrected chi connectivity index (χ0v) is 11.5. The van der Waals surface area contributed by atoms with Crippen molar-refractivity contribution in [2.75, 3.05) is 6.61 Å². The van der Waals surface area contributed by atoms with Crippen molar-refractivity contribution < 1.29 is 9.84 Å². The smallest absolute Gasteiger partial charge is 0.0814 e. The molecule has 0 spiro atoms. The molecular formula is C18H20O2. The zero-order chi connectivity index (χ0) is 14.2. The lowest BCUT2D eigenvalue weighted by Crippen LogP contribution is -2.15. The summed E-state index contributed by atoms with van der Waals surface area (Å²) in [5.41, 5.74) is 3.11. The van der Waals surface area contributed by atoms with Gasteiger partial charge in [-0.3, -0.25) is 0 Å². The first kappa shape index (κ1) is 14.5. The van der Waals surface area contributed by atoms with Crippen molar-refractivity contribution in [2.45, 2.75) is 19.1 Å². The summed E-state index contributed by atoms with van der Waals surface area (Å²) < 4.78 is 5.53. The van der Waals surface area contributed by atoms with E-state index in [1.165, 1.54) is 0 Å². The van der Waals surface area contributed by atoms with Crippen LogP contribution in [0.25, 0.3) is 5.57 Å². The summed E-state index contributed by atoms with van der Waals surface area (Å²) in [6, 6.07) is 19.9. The molecule has 2 aromatic rings. The first-order valence-corrected chi connectivity index (χ1v) is 6.78. The van der Waals surface area contributed by atoms with E-state index < -0.39 is 6.10 Å². The molecule has 0 aliphatic carbocycles. The third-order valence-corrected chi connectivity index (χ3v) is 3.09. The highest BCUT2D eigenvalue weighted by Crippen LogP contribution is 2.17. The molecule has 0 saturated carbocycles. The Hall–Kier alpha value is -1.90. The van der Waals surface area contributed by atoms with Crippen molar-refractivity contribution in [2.24, 2.45) is 0 Å². The Morgan fingerprint density at radius 3 is 2.25 bits per heavy atom. The largest absolute Gasteiger partial charge is 0.390 e. The van der Waals surface area contributed by atoms with Gasteiger partial charge in [-0.2, -0.15) is 0 Å². The van der Waals surface area contributed by atoms with Gasteiger partial charge in [0.05, 0.1) is 19.3 Å². The van der Waals surface area contributed by atoms with Crippen molar-refractivity contribution in [3.05, 3.63) is 78.4 Å². The van der Waals surface area contributed by atoms with Crippen molar-refractivity contribution in [3.63, 3.8) is 0 Å². The Bertz CT molecular complexity index is 520. The van der Waals surface area contributed by atoms with Crippen molar-refractivity contribution in [1.29, 1.82) is 0 Å². The van der Waals surface area contributed by atoms with Crippen LogP contribution in [0.5, 0.6) is 0 Å². The first-order valence-electron chi connectivity index (χ1n) is 6.78. The molecule has 0 fully saturated rings. The van der Waals surface area contributed by atoms with E-state index in [-0.39, 0.29) is 0 Å². The zero-order valence-electron chi connectivity index (χ0n) is 11.5. The van der Waals surface area contributed by atoms with Gasteiger partial charge in [0.15, 0.2) is 0 Å². The van der Waals surface area contributed by atoms with E-state index in [4.69, 9.17) is 4.74 Å². The number of aliphatic hydroxyl groups excluding tert-OH is 1. The second-order valence-corrected chi connectivity index (χ2v) is 4.83. The maximum Gasteiger partial charge on any atom is 0.0814 e. The van der Waals surface area contributed by atoms with Crippen LogP contribution in [-0.4, -0.2) is 17.8 Å². The molecule has 20 heavy (non-hydrogen) atoms. The minimum atomic E-state index is -0.522. The van der Waals surface area contributed by atoms with Crippen LogP contribution >= 0.6 is 0 Å². The van der Waals surface area contributed by atoms with Gasteiger partial charge in [0.25, 0.3) is 0 Å². The quantitative estimate of drug-likeness (QED) is 0.830. The van der Waals surface area contributed by atoms with E-state index in [2.05, 4.69) is 6.58 Å². The minimum Gasteiger partial charge on any atom is -0.390 e. The molecule has 0 aromatic heterocycles. The Kier molecular flexibility index (Phi) is 5.54. The minimum absolute atomic E-state index is 0.320. The molecule has 0 amide bonds. The number of rotatable bonds is 7. The highest BCUT2D eigenvalue weighted by molar-refractivity contribution is 5.63. The van der Waals surface area contributed by atoms with E-state index in [0.29, 0.717) is 19.6 Å². The second kappa shape index (κ2) is 7.63. The second-order valence-electron chi connectivity index (χ2n) is 4.83. The van der Waals surface area contributed by atoms with Gasteiger partial charge in [-0.1, -0.05) is 67.2 Å². The molecule has 0 heterocycles. The third-order valence-electron chi connectivity index (χ3n) is 3.09. The maximum atomic E-state index is 9.97. The van der Waals surface area contributed by atoms with Crippen LogP contribution in [-0.2, 0) is 11.3 Å². The number of hydrogen-bond donors (Lipinski definition) is 1. The average Bonchev–Trinajstić information content (AvgIpc) is 2.49. The molecule has 1 atom stereocenters. The van der Waals surface area contributed by atoms with Gasteiger partial charge in [-0.05, 0) is 16.7 Å². The van der Waals surface area contributed by atoms with Crippen molar-refractivity contribution in [3.8, 4) is 0 Å². The molecule has 0 aliphatic rings. The van der Waals surface area contributed by atoms with Crippen LogP contribution in [0.4, 0.5) is 0 Å². The molecule has 2 rings (SSSR count). The molecule has 1 N–H and O–H groups in total. The molecule has 0 radical (unpaired) electrons. The fourth-order valence-electron chi connectivity index (χ4n) is 2.02. The van der Waals surface area contributed by atoms with Crippen molar-refractivity contribution >= 4 is 5.57 Å². The summed E-state index contributed by atoms with van der Waals surface area (Å²) in [6.07, 6.45) is 0.00476. The van der Waals surface area contributed by atoms with Crippen LogP contribution in [0, 0.1) is 0 Å². The van der Waals surface area contributed by atoms with Gasteiger partial charge >= 0.3 is 0 Å². The molecule has 2 heteroatoms. The van der Waals surface area contributed by atoms with Gasteiger partial charge in [-0.25, -0.2) is 0 Å². The van der Waals surface area contributed by atoms with Gasteiger partial charge in [0.2, 0.25) is 0 Å². The lowest BCUT2D eigenvalue weighted by atomic mass is 10.0. The van der Waals surface area contributed by atoms with Crippen LogP contribution in [0.2, 0.25) is 0 Å². The summed E-state index contributed by atoms with van der Waals surface area (Å²) in [6.45, 7) is 4.86. The Morgan fingerprint density at radius 1 is 1.00 bits per heavy atom. The lowest BCUT2D eigenvalue weighted by molar-refractivity contribution is 0.0312. The van der Waals surface area contributed by atoms with E-state index in [0.717, 1.165) is 16.7 Å². The summed E-state index contributed by atoms with van der Waals surface area (Å²) in [5, 5.41) is 9.97. The van der Waals surface area contributed by atoms with Crippen LogP contribution in [0.15, 0.2) is 67.2 Å². The monoisotopic (exact) mass is 268 g/mol. The summed E-state index contributed by atoms with van der Waals surface area (Å²) in [5.74, 6) is 0. The first-order chi connectivity index (χ1) is 9.75. The molecular weight excluding hydrogens is 248 g/mol. The van der Waals surface area contributed by atoms with Crippen molar-refractivity contribution in [1.82, 2.24) is 0 Å². The Balaban J connectivity index is 1.73. The van der Waals surface area contributed by atoms with E-state index in [9.17, 15) is 5.11 Å². The van der Waals surface area contributed by atoms with E-state index >= 15 is 0 Å².